The Kier molecular flexibility index (Phi) is 45.8. The highest BCUT2D eigenvalue weighted by Gasteiger charge is 2.32. The van der Waals surface area contributed by atoms with Crippen LogP contribution in [0.15, 0.2) is 0 Å². The molecule has 0 aliphatic carbocycles. The standard InChI is InChI=1S/C28H53NO4.C9H19NO.2C2H6/c1-5-9-12-13-14-15-16-17-18-20-26(31)29-28(8-4,23-22-25(30)19-10-6-2)24-33-27(32)21-11-7-3;1-4-8(2)9(11)6-5-7-10-3;2*1-2/h5-24H2,1-4H3,(H,29,31);8,10H,4-7H2,1-3H3;2*1-2H3. The number of unbranched alkanes of at least 4 members (excludes halogenated alkanes) is 10. The number of nitrogens with one attached hydrogen (secondary N) is 2. The van der Waals surface area contributed by atoms with Crippen LogP contribution in [0.2, 0.25) is 0 Å². The van der Waals surface area contributed by atoms with Gasteiger partial charge in [-0.3, -0.25) is 19.2 Å². The zero-order valence-electron chi connectivity index (χ0n) is 34.1. The van der Waals surface area contributed by atoms with E-state index in [1.165, 1.54) is 44.9 Å². The highest BCUT2D eigenvalue weighted by molar-refractivity contribution is 5.80. The molecule has 0 spiro atoms. The quantitative estimate of drug-likeness (QED) is 0.0600. The second-order valence-electron chi connectivity index (χ2n) is 12.6. The largest absolute Gasteiger partial charge is 0.463 e. The molecule has 0 saturated heterocycles. The number of hydrogen-bond acceptors (Lipinski definition) is 6. The van der Waals surface area contributed by atoms with Crippen molar-refractivity contribution in [2.24, 2.45) is 5.92 Å². The number of ether oxygens (including phenoxy) is 1. The molecule has 288 valence electrons. The molecule has 0 aliphatic rings. The van der Waals surface area contributed by atoms with Gasteiger partial charge in [-0.25, -0.2) is 0 Å². The normalized spacial score (nSPS) is 12.1. The van der Waals surface area contributed by atoms with Gasteiger partial charge in [0.25, 0.3) is 0 Å². The number of hydrogen-bond donors (Lipinski definition) is 2. The molecule has 0 aromatic rings. The van der Waals surface area contributed by atoms with Gasteiger partial charge in [0, 0.05) is 38.0 Å². The molecule has 0 fully saturated rings. The van der Waals surface area contributed by atoms with E-state index >= 15 is 0 Å². The summed E-state index contributed by atoms with van der Waals surface area (Å²) in [4.78, 5) is 48.3. The second-order valence-corrected chi connectivity index (χ2v) is 12.6. The number of Topliss-reactive ketones (excluding diaryl/α,β-unsaturated/α-hetero) is 2. The third-order valence-corrected chi connectivity index (χ3v) is 8.54. The topological polar surface area (TPSA) is 102 Å². The smallest absolute Gasteiger partial charge is 0.305 e. The highest BCUT2D eigenvalue weighted by Crippen LogP contribution is 2.21. The van der Waals surface area contributed by atoms with Gasteiger partial charge >= 0.3 is 5.97 Å². The lowest BCUT2D eigenvalue weighted by Gasteiger charge is -2.33. The summed E-state index contributed by atoms with van der Waals surface area (Å²) in [7, 11) is 1.91. The number of amides is 1. The summed E-state index contributed by atoms with van der Waals surface area (Å²) in [6.45, 7) is 21.5. The zero-order valence-corrected chi connectivity index (χ0v) is 34.1. The zero-order chi connectivity index (χ0) is 37.5. The fourth-order valence-electron chi connectivity index (χ4n) is 4.90. The van der Waals surface area contributed by atoms with Gasteiger partial charge in [0.2, 0.25) is 5.91 Å². The van der Waals surface area contributed by atoms with E-state index in [1.54, 1.807) is 0 Å². The van der Waals surface area contributed by atoms with Crippen molar-refractivity contribution in [1.29, 1.82) is 0 Å². The van der Waals surface area contributed by atoms with Gasteiger partial charge in [0.05, 0.1) is 5.54 Å². The monoisotopic (exact) mass is 685 g/mol. The van der Waals surface area contributed by atoms with Crippen LogP contribution in [0.5, 0.6) is 0 Å². The Morgan fingerprint density at radius 3 is 1.65 bits per heavy atom. The molecule has 2 unspecified atom stereocenters. The van der Waals surface area contributed by atoms with Crippen molar-refractivity contribution in [2.75, 3.05) is 20.2 Å². The predicted octanol–water partition coefficient (Wildman–Crippen LogP) is 11.1. The summed E-state index contributed by atoms with van der Waals surface area (Å²) in [5.74, 6) is 0.667. The van der Waals surface area contributed by atoms with Crippen LogP contribution in [0.3, 0.4) is 0 Å². The summed E-state index contributed by atoms with van der Waals surface area (Å²) in [6, 6.07) is 0. The van der Waals surface area contributed by atoms with Gasteiger partial charge in [-0.1, -0.05) is 133 Å². The molecule has 0 radical (unpaired) electrons. The number of ketones is 2. The molecule has 0 rings (SSSR count). The summed E-state index contributed by atoms with van der Waals surface area (Å²) in [5.41, 5.74) is -0.653. The van der Waals surface area contributed by atoms with E-state index in [2.05, 4.69) is 31.4 Å². The van der Waals surface area contributed by atoms with Crippen LogP contribution in [0.4, 0.5) is 0 Å². The molecular formula is C41H84N2O5. The van der Waals surface area contributed by atoms with Crippen molar-refractivity contribution in [3.8, 4) is 0 Å². The van der Waals surface area contributed by atoms with Crippen molar-refractivity contribution in [2.45, 2.75) is 216 Å². The number of carbonyl (C=O) groups is 4. The van der Waals surface area contributed by atoms with E-state index in [4.69, 9.17) is 4.74 Å². The summed E-state index contributed by atoms with van der Waals surface area (Å²) in [6.07, 6.45) is 20.3. The van der Waals surface area contributed by atoms with Crippen LogP contribution < -0.4 is 10.6 Å². The first-order valence-corrected chi connectivity index (χ1v) is 20.3. The fourth-order valence-corrected chi connectivity index (χ4v) is 4.90. The third-order valence-electron chi connectivity index (χ3n) is 8.54. The lowest BCUT2D eigenvalue weighted by Crippen LogP contribution is -2.52. The molecule has 2 atom stereocenters. The van der Waals surface area contributed by atoms with Gasteiger partial charge in [-0.15, -0.1) is 0 Å². The second kappa shape index (κ2) is 41.4. The van der Waals surface area contributed by atoms with Crippen LogP contribution >= 0.6 is 0 Å². The van der Waals surface area contributed by atoms with Gasteiger partial charge in [0.1, 0.15) is 18.2 Å². The molecular weight excluding hydrogens is 600 g/mol. The first-order chi connectivity index (χ1) is 23.1. The van der Waals surface area contributed by atoms with Crippen LogP contribution in [-0.2, 0) is 23.9 Å². The minimum absolute atomic E-state index is 0.00501. The Morgan fingerprint density at radius 2 is 1.15 bits per heavy atom. The highest BCUT2D eigenvalue weighted by atomic mass is 16.5. The van der Waals surface area contributed by atoms with Crippen LogP contribution in [0.25, 0.3) is 0 Å². The molecule has 7 nitrogen and oxygen atoms in total. The van der Waals surface area contributed by atoms with E-state index in [0.717, 1.165) is 64.3 Å². The van der Waals surface area contributed by atoms with E-state index < -0.39 is 5.54 Å². The maximum absolute atomic E-state index is 12.7. The lowest BCUT2D eigenvalue weighted by molar-refractivity contribution is -0.147. The molecule has 48 heavy (non-hydrogen) atoms. The average Bonchev–Trinajstić information content (AvgIpc) is 3.11. The Bertz CT molecular complexity index is 702. The van der Waals surface area contributed by atoms with Gasteiger partial charge in [-0.2, -0.15) is 0 Å². The molecule has 0 heterocycles. The minimum atomic E-state index is -0.653. The fraction of sp³-hybridized carbons (Fsp3) is 0.902. The van der Waals surface area contributed by atoms with Crippen molar-refractivity contribution in [1.82, 2.24) is 10.6 Å². The molecule has 1 amide bonds. The van der Waals surface area contributed by atoms with Crippen molar-refractivity contribution < 1.29 is 23.9 Å². The third kappa shape index (κ3) is 35.5. The molecule has 0 aliphatic heterocycles. The predicted molar refractivity (Wildman–Crippen MR) is 208 cm³/mol. The molecule has 7 heteroatoms. The molecule has 0 aromatic carbocycles. The van der Waals surface area contributed by atoms with Crippen LogP contribution in [-0.4, -0.2) is 49.2 Å². The minimum Gasteiger partial charge on any atom is -0.463 e. The summed E-state index contributed by atoms with van der Waals surface area (Å²) in [5, 5.41) is 6.19. The summed E-state index contributed by atoms with van der Waals surface area (Å²) < 4.78 is 5.55. The lowest BCUT2D eigenvalue weighted by atomic mass is 9.89. The maximum atomic E-state index is 12.7. The van der Waals surface area contributed by atoms with Gasteiger partial charge in [-0.05, 0) is 58.5 Å². The SMILES string of the molecule is CC.CC.CCC(C)C(=O)CCCNC.CCCCCCCCCCCC(=O)NC(CC)(CCC(=O)CCCC)COC(=O)CCCC. The Morgan fingerprint density at radius 1 is 0.625 bits per heavy atom. The number of esters is 1. The molecule has 2 N–H and O–H groups in total. The van der Waals surface area contributed by atoms with Crippen molar-refractivity contribution >= 4 is 23.4 Å². The Hall–Kier alpha value is -1.76. The van der Waals surface area contributed by atoms with Crippen LogP contribution in [0, 0.1) is 5.92 Å². The van der Waals surface area contributed by atoms with Gasteiger partial charge < -0.3 is 15.4 Å². The first-order valence-electron chi connectivity index (χ1n) is 20.3. The van der Waals surface area contributed by atoms with E-state index in [-0.39, 0.29) is 30.2 Å². The van der Waals surface area contributed by atoms with E-state index in [9.17, 15) is 19.2 Å². The van der Waals surface area contributed by atoms with E-state index in [0.29, 0.717) is 44.3 Å². The van der Waals surface area contributed by atoms with E-state index in [1.807, 2.05) is 55.5 Å². The van der Waals surface area contributed by atoms with Gasteiger partial charge in [0.15, 0.2) is 0 Å². The van der Waals surface area contributed by atoms with Crippen LogP contribution in [0.1, 0.15) is 210 Å². The number of carbonyl (C=O) groups excluding carboxylic acids is 4. The Balaban J connectivity index is -0.000000538. The Labute approximate surface area is 299 Å². The first kappa shape index (κ1) is 53.0. The maximum Gasteiger partial charge on any atom is 0.305 e. The van der Waals surface area contributed by atoms with Crippen molar-refractivity contribution in [3.63, 3.8) is 0 Å². The van der Waals surface area contributed by atoms with Crippen molar-refractivity contribution in [3.05, 3.63) is 0 Å². The molecule has 0 bridgehead atoms. The number of rotatable bonds is 29. The summed E-state index contributed by atoms with van der Waals surface area (Å²) >= 11 is 0. The molecule has 0 saturated carbocycles. The average molecular weight is 685 g/mol. The molecule has 0 aromatic heterocycles.